The minimum atomic E-state index is -0.334. The SMILES string of the molecule is O=C(NCCc1nnc2n1CCCCC2)c1ccc(NC(=O)c2ccco2)cc1. The fourth-order valence-electron chi connectivity index (χ4n) is 3.43. The number of nitrogens with zero attached hydrogens (tertiary/aromatic N) is 3. The molecule has 0 unspecified atom stereocenters. The number of aryl methyl sites for hydroxylation is 1. The molecule has 1 aromatic carbocycles. The summed E-state index contributed by atoms with van der Waals surface area (Å²) in [6.07, 6.45) is 6.59. The van der Waals surface area contributed by atoms with Gasteiger partial charge in [0.15, 0.2) is 5.76 Å². The summed E-state index contributed by atoms with van der Waals surface area (Å²) in [5.41, 5.74) is 1.12. The normalized spacial score (nSPS) is 13.4. The second-order valence-electron chi connectivity index (χ2n) is 7.01. The highest BCUT2D eigenvalue weighted by molar-refractivity contribution is 6.02. The van der Waals surface area contributed by atoms with Crippen LogP contribution in [0.1, 0.15) is 51.8 Å². The zero-order valence-corrected chi connectivity index (χ0v) is 16.1. The molecule has 8 nitrogen and oxygen atoms in total. The molecule has 3 heterocycles. The van der Waals surface area contributed by atoms with Crippen molar-refractivity contribution in [2.45, 2.75) is 38.6 Å². The van der Waals surface area contributed by atoms with E-state index >= 15 is 0 Å². The Morgan fingerprint density at radius 1 is 1.03 bits per heavy atom. The standard InChI is InChI=1S/C21H23N5O3/c27-20(22-12-11-19-25-24-18-6-2-1-3-13-26(18)19)15-7-9-16(10-8-15)23-21(28)17-5-4-14-29-17/h4-5,7-10,14H,1-3,6,11-13H2,(H,22,27)(H,23,28). The van der Waals surface area contributed by atoms with Crippen molar-refractivity contribution in [1.82, 2.24) is 20.1 Å². The molecule has 0 saturated heterocycles. The Hall–Kier alpha value is -3.42. The van der Waals surface area contributed by atoms with E-state index in [1.807, 2.05) is 0 Å². The molecule has 0 aliphatic carbocycles. The maximum Gasteiger partial charge on any atom is 0.291 e. The summed E-state index contributed by atoms with van der Waals surface area (Å²) in [5.74, 6) is 1.72. The molecule has 3 aromatic rings. The van der Waals surface area contributed by atoms with E-state index in [9.17, 15) is 9.59 Å². The quantitative estimate of drug-likeness (QED) is 0.670. The van der Waals surface area contributed by atoms with Crippen LogP contribution in [0.3, 0.4) is 0 Å². The highest BCUT2D eigenvalue weighted by atomic mass is 16.3. The second kappa shape index (κ2) is 8.72. The van der Waals surface area contributed by atoms with Crippen LogP contribution in [0.25, 0.3) is 0 Å². The fraction of sp³-hybridized carbons (Fsp3) is 0.333. The molecule has 2 aromatic heterocycles. The molecule has 2 amide bonds. The smallest absolute Gasteiger partial charge is 0.291 e. The minimum Gasteiger partial charge on any atom is -0.459 e. The van der Waals surface area contributed by atoms with Crippen LogP contribution in [0.15, 0.2) is 47.1 Å². The van der Waals surface area contributed by atoms with Gasteiger partial charge in [0.05, 0.1) is 6.26 Å². The number of carbonyl (C=O) groups excluding carboxylic acids is 2. The van der Waals surface area contributed by atoms with Gasteiger partial charge in [0.1, 0.15) is 11.6 Å². The fourth-order valence-corrected chi connectivity index (χ4v) is 3.43. The third-order valence-corrected chi connectivity index (χ3v) is 4.97. The van der Waals surface area contributed by atoms with Crippen LogP contribution in [-0.2, 0) is 19.4 Å². The van der Waals surface area contributed by atoms with E-state index in [0.29, 0.717) is 24.2 Å². The Morgan fingerprint density at radius 3 is 2.69 bits per heavy atom. The van der Waals surface area contributed by atoms with Crippen molar-refractivity contribution in [1.29, 1.82) is 0 Å². The average Bonchev–Trinajstić information content (AvgIpc) is 3.34. The van der Waals surface area contributed by atoms with E-state index in [0.717, 1.165) is 37.5 Å². The molecule has 0 fully saturated rings. The number of nitrogens with one attached hydrogen (secondary N) is 2. The summed E-state index contributed by atoms with van der Waals surface area (Å²) in [4.78, 5) is 24.4. The Bertz CT molecular complexity index is 976. The van der Waals surface area contributed by atoms with E-state index in [2.05, 4.69) is 25.4 Å². The Balaban J connectivity index is 1.29. The van der Waals surface area contributed by atoms with Crippen molar-refractivity contribution >= 4 is 17.5 Å². The molecule has 29 heavy (non-hydrogen) atoms. The lowest BCUT2D eigenvalue weighted by atomic mass is 10.2. The molecule has 8 heteroatoms. The molecule has 2 N–H and O–H groups in total. The van der Waals surface area contributed by atoms with Gasteiger partial charge in [-0.1, -0.05) is 6.42 Å². The first kappa shape index (κ1) is 18.9. The molecule has 150 valence electrons. The Kier molecular flexibility index (Phi) is 5.69. The van der Waals surface area contributed by atoms with Crippen molar-refractivity contribution in [2.75, 3.05) is 11.9 Å². The van der Waals surface area contributed by atoms with Crippen LogP contribution in [0.2, 0.25) is 0 Å². The van der Waals surface area contributed by atoms with Crippen molar-refractivity contribution in [3.8, 4) is 0 Å². The van der Waals surface area contributed by atoms with Gasteiger partial charge in [-0.25, -0.2) is 0 Å². The number of furan rings is 1. The number of hydrogen-bond donors (Lipinski definition) is 2. The summed E-state index contributed by atoms with van der Waals surface area (Å²) < 4.78 is 7.25. The van der Waals surface area contributed by atoms with Gasteiger partial charge in [-0.05, 0) is 49.2 Å². The first-order valence-electron chi connectivity index (χ1n) is 9.85. The summed E-state index contributed by atoms with van der Waals surface area (Å²) in [6.45, 7) is 1.45. The first-order chi connectivity index (χ1) is 14.2. The first-order valence-corrected chi connectivity index (χ1v) is 9.85. The van der Waals surface area contributed by atoms with Gasteiger partial charge < -0.3 is 19.6 Å². The molecule has 4 rings (SSSR count). The molecule has 0 atom stereocenters. The Labute approximate surface area is 168 Å². The number of anilines is 1. The van der Waals surface area contributed by atoms with Crippen LogP contribution >= 0.6 is 0 Å². The van der Waals surface area contributed by atoms with E-state index < -0.39 is 0 Å². The van der Waals surface area contributed by atoms with Crippen molar-refractivity contribution < 1.29 is 14.0 Å². The van der Waals surface area contributed by atoms with Crippen LogP contribution in [0, 0.1) is 0 Å². The Morgan fingerprint density at radius 2 is 1.90 bits per heavy atom. The zero-order valence-electron chi connectivity index (χ0n) is 16.1. The molecule has 1 aliphatic rings. The molecular formula is C21H23N5O3. The number of rotatable bonds is 6. The summed E-state index contributed by atoms with van der Waals surface area (Å²) >= 11 is 0. The number of carbonyl (C=O) groups is 2. The van der Waals surface area contributed by atoms with Crippen LogP contribution < -0.4 is 10.6 Å². The highest BCUT2D eigenvalue weighted by Crippen LogP contribution is 2.15. The van der Waals surface area contributed by atoms with Gasteiger partial charge in [-0.15, -0.1) is 10.2 Å². The zero-order chi connectivity index (χ0) is 20.1. The molecule has 0 spiro atoms. The van der Waals surface area contributed by atoms with E-state index in [-0.39, 0.29) is 17.6 Å². The van der Waals surface area contributed by atoms with Crippen LogP contribution in [-0.4, -0.2) is 33.1 Å². The molecule has 0 saturated carbocycles. The number of benzene rings is 1. The van der Waals surface area contributed by atoms with Crippen LogP contribution in [0.4, 0.5) is 5.69 Å². The molecule has 1 aliphatic heterocycles. The number of amides is 2. The third kappa shape index (κ3) is 4.53. The summed E-state index contributed by atoms with van der Waals surface area (Å²) in [5, 5.41) is 14.2. The molecular weight excluding hydrogens is 370 g/mol. The topological polar surface area (TPSA) is 102 Å². The lowest BCUT2D eigenvalue weighted by Gasteiger charge is -2.09. The maximum atomic E-state index is 12.4. The average molecular weight is 393 g/mol. The number of hydrogen-bond acceptors (Lipinski definition) is 5. The molecule has 0 radical (unpaired) electrons. The summed E-state index contributed by atoms with van der Waals surface area (Å²) in [7, 11) is 0. The van der Waals surface area contributed by atoms with Gasteiger partial charge in [0, 0.05) is 37.2 Å². The van der Waals surface area contributed by atoms with E-state index in [1.165, 1.54) is 12.7 Å². The predicted octanol–water partition coefficient (Wildman–Crippen LogP) is 2.82. The second-order valence-corrected chi connectivity index (χ2v) is 7.01. The van der Waals surface area contributed by atoms with Gasteiger partial charge in [-0.2, -0.15) is 0 Å². The van der Waals surface area contributed by atoms with Gasteiger partial charge in [0.2, 0.25) is 0 Å². The lowest BCUT2D eigenvalue weighted by Crippen LogP contribution is -2.26. The monoisotopic (exact) mass is 393 g/mol. The largest absolute Gasteiger partial charge is 0.459 e. The van der Waals surface area contributed by atoms with Crippen LogP contribution in [0.5, 0.6) is 0 Å². The van der Waals surface area contributed by atoms with E-state index in [1.54, 1.807) is 36.4 Å². The minimum absolute atomic E-state index is 0.162. The third-order valence-electron chi connectivity index (χ3n) is 4.97. The van der Waals surface area contributed by atoms with Gasteiger partial charge in [-0.3, -0.25) is 9.59 Å². The predicted molar refractivity (Wildman–Crippen MR) is 107 cm³/mol. The van der Waals surface area contributed by atoms with Crippen molar-refractivity contribution in [2.24, 2.45) is 0 Å². The maximum absolute atomic E-state index is 12.4. The van der Waals surface area contributed by atoms with Gasteiger partial charge in [0.25, 0.3) is 11.8 Å². The van der Waals surface area contributed by atoms with Gasteiger partial charge >= 0.3 is 0 Å². The number of aromatic nitrogens is 3. The highest BCUT2D eigenvalue weighted by Gasteiger charge is 2.15. The van der Waals surface area contributed by atoms with Crippen molar-refractivity contribution in [3.63, 3.8) is 0 Å². The van der Waals surface area contributed by atoms with E-state index in [4.69, 9.17) is 4.42 Å². The lowest BCUT2D eigenvalue weighted by molar-refractivity contribution is 0.0953. The summed E-state index contributed by atoms with van der Waals surface area (Å²) in [6, 6.07) is 9.97. The number of fused-ring (bicyclic) bond motifs is 1. The van der Waals surface area contributed by atoms with Crippen molar-refractivity contribution in [3.05, 3.63) is 65.6 Å². The molecule has 0 bridgehead atoms.